The summed E-state index contributed by atoms with van der Waals surface area (Å²) in [6, 6.07) is 5.67. The lowest BCUT2D eigenvalue weighted by Gasteiger charge is -1.94. The van der Waals surface area contributed by atoms with Gasteiger partial charge in [0.1, 0.15) is 5.52 Å². The Labute approximate surface area is 80.5 Å². The highest BCUT2D eigenvalue weighted by Crippen LogP contribution is 2.20. The first-order valence-corrected chi connectivity index (χ1v) is 4.30. The average Bonchev–Trinajstić information content (AvgIpc) is 2.56. The summed E-state index contributed by atoms with van der Waals surface area (Å²) in [7, 11) is 0. The van der Waals surface area contributed by atoms with Gasteiger partial charge in [0.05, 0.1) is 6.61 Å². The lowest BCUT2D eigenvalue weighted by atomic mass is 10.3. The van der Waals surface area contributed by atoms with E-state index in [0.29, 0.717) is 23.8 Å². The van der Waals surface area contributed by atoms with Crippen LogP contribution in [-0.2, 0) is 0 Å². The molecule has 74 valence electrons. The van der Waals surface area contributed by atoms with Gasteiger partial charge in [-0.2, -0.15) is 4.98 Å². The van der Waals surface area contributed by atoms with Crippen LogP contribution >= 0.6 is 0 Å². The largest absolute Gasteiger partial charge is 0.423 e. The number of hydrogen-bond donors (Lipinski definition) is 3. The molecule has 1 aromatic carbocycles. The molecule has 0 aliphatic rings. The summed E-state index contributed by atoms with van der Waals surface area (Å²) in [5.41, 5.74) is 7.62. The topological polar surface area (TPSA) is 84.3 Å². The van der Waals surface area contributed by atoms with Gasteiger partial charge in [0, 0.05) is 18.3 Å². The Morgan fingerprint density at radius 1 is 1.50 bits per heavy atom. The van der Waals surface area contributed by atoms with Gasteiger partial charge in [-0.1, -0.05) is 0 Å². The van der Waals surface area contributed by atoms with E-state index >= 15 is 0 Å². The van der Waals surface area contributed by atoms with Gasteiger partial charge in [-0.3, -0.25) is 0 Å². The van der Waals surface area contributed by atoms with Gasteiger partial charge in [0.25, 0.3) is 6.01 Å². The van der Waals surface area contributed by atoms with Crippen molar-refractivity contribution >= 4 is 22.8 Å². The maximum absolute atomic E-state index is 8.59. The molecule has 0 aliphatic heterocycles. The molecule has 0 radical (unpaired) electrons. The van der Waals surface area contributed by atoms with Crippen LogP contribution in [0.2, 0.25) is 0 Å². The molecule has 2 rings (SSSR count). The molecule has 0 aliphatic carbocycles. The molecule has 0 bridgehead atoms. The highest BCUT2D eigenvalue weighted by Gasteiger charge is 2.04. The smallest absolute Gasteiger partial charge is 0.295 e. The van der Waals surface area contributed by atoms with E-state index in [2.05, 4.69) is 10.3 Å². The standard InChI is InChI=1S/C9H11N3O2/c10-6-1-2-7-8(5-6)14-9(12-7)11-3-4-13/h1-2,5,13H,3-4,10H2,(H,11,12). The van der Waals surface area contributed by atoms with Crippen molar-refractivity contribution in [3.63, 3.8) is 0 Å². The molecule has 0 fully saturated rings. The normalized spacial score (nSPS) is 10.6. The van der Waals surface area contributed by atoms with Crippen LogP contribution in [0.4, 0.5) is 11.7 Å². The first kappa shape index (κ1) is 8.83. The molecule has 0 amide bonds. The number of aliphatic hydroxyl groups excluding tert-OH is 1. The van der Waals surface area contributed by atoms with Gasteiger partial charge in [-0.15, -0.1) is 0 Å². The highest BCUT2D eigenvalue weighted by atomic mass is 16.4. The monoisotopic (exact) mass is 193 g/mol. The minimum atomic E-state index is 0.0425. The van der Waals surface area contributed by atoms with E-state index in [-0.39, 0.29) is 6.61 Å². The summed E-state index contributed by atoms with van der Waals surface area (Å²) in [5, 5.41) is 11.4. The van der Waals surface area contributed by atoms with E-state index in [1.165, 1.54) is 0 Å². The summed E-state index contributed by atoms with van der Waals surface area (Å²) < 4.78 is 5.34. The number of anilines is 2. The van der Waals surface area contributed by atoms with Crippen LogP contribution in [0.5, 0.6) is 0 Å². The molecule has 4 N–H and O–H groups in total. The fourth-order valence-corrected chi connectivity index (χ4v) is 1.18. The number of hydrogen-bond acceptors (Lipinski definition) is 5. The van der Waals surface area contributed by atoms with Gasteiger partial charge >= 0.3 is 0 Å². The van der Waals surface area contributed by atoms with E-state index in [0.717, 1.165) is 5.52 Å². The third-order valence-corrected chi connectivity index (χ3v) is 1.80. The summed E-state index contributed by atoms with van der Waals surface area (Å²) in [4.78, 5) is 4.15. The predicted molar refractivity (Wildman–Crippen MR) is 54.0 cm³/mol. The second-order valence-electron chi connectivity index (χ2n) is 2.90. The SMILES string of the molecule is Nc1ccc2nc(NCCO)oc2c1. The van der Waals surface area contributed by atoms with Crippen molar-refractivity contribution < 1.29 is 9.52 Å². The number of nitrogens with one attached hydrogen (secondary N) is 1. The minimum Gasteiger partial charge on any atom is -0.423 e. The Hall–Kier alpha value is -1.75. The van der Waals surface area contributed by atoms with Crippen LogP contribution in [0.3, 0.4) is 0 Å². The van der Waals surface area contributed by atoms with Crippen molar-refractivity contribution in [2.45, 2.75) is 0 Å². The average molecular weight is 193 g/mol. The molecule has 0 unspecified atom stereocenters. The van der Waals surface area contributed by atoms with Crippen molar-refractivity contribution in [1.82, 2.24) is 4.98 Å². The van der Waals surface area contributed by atoms with Crippen LogP contribution in [0.25, 0.3) is 11.1 Å². The van der Waals surface area contributed by atoms with Gasteiger partial charge < -0.3 is 20.6 Å². The lowest BCUT2D eigenvalue weighted by Crippen LogP contribution is -2.05. The molecule has 1 heterocycles. The number of aromatic nitrogens is 1. The van der Waals surface area contributed by atoms with Crippen LogP contribution in [0, 0.1) is 0 Å². The molecule has 5 nitrogen and oxygen atoms in total. The van der Waals surface area contributed by atoms with Crippen molar-refractivity contribution in [2.75, 3.05) is 24.2 Å². The molecule has 14 heavy (non-hydrogen) atoms. The van der Waals surface area contributed by atoms with Crippen molar-refractivity contribution in [3.05, 3.63) is 18.2 Å². The minimum absolute atomic E-state index is 0.0425. The van der Waals surface area contributed by atoms with Gasteiger partial charge in [0.15, 0.2) is 5.58 Å². The number of aliphatic hydroxyl groups is 1. The number of benzene rings is 1. The van der Waals surface area contributed by atoms with Gasteiger partial charge in [-0.25, -0.2) is 0 Å². The van der Waals surface area contributed by atoms with Crippen LogP contribution < -0.4 is 11.1 Å². The Balaban J connectivity index is 2.32. The first-order chi connectivity index (χ1) is 6.79. The zero-order chi connectivity index (χ0) is 9.97. The number of nitrogen functional groups attached to an aromatic ring is 1. The van der Waals surface area contributed by atoms with E-state index in [1.807, 2.05) is 0 Å². The van der Waals surface area contributed by atoms with Crippen LogP contribution in [0.15, 0.2) is 22.6 Å². The van der Waals surface area contributed by atoms with Gasteiger partial charge in [0.2, 0.25) is 0 Å². The Bertz CT molecular complexity index is 439. The second kappa shape index (κ2) is 3.55. The molecule has 0 spiro atoms. The van der Waals surface area contributed by atoms with E-state index in [4.69, 9.17) is 15.3 Å². The molecule has 1 aromatic heterocycles. The van der Waals surface area contributed by atoms with E-state index in [1.54, 1.807) is 18.2 Å². The Morgan fingerprint density at radius 2 is 2.36 bits per heavy atom. The Kier molecular flexibility index (Phi) is 2.24. The fraction of sp³-hybridized carbons (Fsp3) is 0.222. The molecule has 2 aromatic rings. The fourth-order valence-electron chi connectivity index (χ4n) is 1.18. The number of nitrogens with zero attached hydrogens (tertiary/aromatic N) is 1. The second-order valence-corrected chi connectivity index (χ2v) is 2.90. The Morgan fingerprint density at radius 3 is 3.14 bits per heavy atom. The number of oxazole rings is 1. The summed E-state index contributed by atoms with van der Waals surface area (Å²) in [5.74, 6) is 0. The number of rotatable bonds is 3. The molecule has 0 saturated heterocycles. The highest BCUT2D eigenvalue weighted by molar-refractivity contribution is 5.77. The zero-order valence-electron chi connectivity index (χ0n) is 7.53. The number of nitrogens with two attached hydrogens (primary N) is 1. The summed E-state index contributed by atoms with van der Waals surface area (Å²) in [6.07, 6.45) is 0. The molecule has 0 saturated carbocycles. The van der Waals surface area contributed by atoms with Crippen molar-refractivity contribution in [3.8, 4) is 0 Å². The maximum Gasteiger partial charge on any atom is 0.295 e. The van der Waals surface area contributed by atoms with Crippen molar-refractivity contribution in [1.29, 1.82) is 0 Å². The van der Waals surface area contributed by atoms with E-state index in [9.17, 15) is 0 Å². The number of fused-ring (bicyclic) bond motifs is 1. The van der Waals surface area contributed by atoms with Crippen LogP contribution in [-0.4, -0.2) is 23.2 Å². The maximum atomic E-state index is 8.59. The quantitative estimate of drug-likeness (QED) is 0.628. The van der Waals surface area contributed by atoms with Crippen molar-refractivity contribution in [2.24, 2.45) is 0 Å². The molecular formula is C9H11N3O2. The van der Waals surface area contributed by atoms with E-state index < -0.39 is 0 Å². The van der Waals surface area contributed by atoms with Crippen LogP contribution in [0.1, 0.15) is 0 Å². The first-order valence-electron chi connectivity index (χ1n) is 4.30. The molecule has 5 heteroatoms. The predicted octanol–water partition coefficient (Wildman–Crippen LogP) is 0.814. The summed E-state index contributed by atoms with van der Waals surface area (Å²) in [6.45, 7) is 0.461. The summed E-state index contributed by atoms with van der Waals surface area (Å²) >= 11 is 0. The van der Waals surface area contributed by atoms with Gasteiger partial charge in [-0.05, 0) is 12.1 Å². The molecular weight excluding hydrogens is 182 g/mol. The third-order valence-electron chi connectivity index (χ3n) is 1.80. The third kappa shape index (κ3) is 1.62. The molecule has 0 atom stereocenters. The lowest BCUT2D eigenvalue weighted by molar-refractivity contribution is 0.310. The zero-order valence-corrected chi connectivity index (χ0v) is 7.53.